The lowest BCUT2D eigenvalue weighted by atomic mass is 9.84. The molecule has 12 aromatic rings. The Morgan fingerprint density at radius 1 is 0.222 bits per heavy atom. The van der Waals surface area contributed by atoms with Gasteiger partial charge in [0.25, 0.3) is 0 Å². The van der Waals surface area contributed by atoms with Gasteiger partial charge in [-0.2, -0.15) is 0 Å². The summed E-state index contributed by atoms with van der Waals surface area (Å²) in [6.45, 7) is 0. The molecule has 1 heteroatoms. The van der Waals surface area contributed by atoms with Gasteiger partial charge in [0.05, 0.1) is 11.4 Å². The molecule has 0 atom stereocenters. The molecule has 0 spiro atoms. The topological polar surface area (TPSA) is 3.24 Å². The first-order valence-corrected chi connectivity index (χ1v) is 21.8. The lowest BCUT2D eigenvalue weighted by molar-refractivity contribution is 1.30. The van der Waals surface area contributed by atoms with Gasteiger partial charge >= 0.3 is 0 Å². The number of anilines is 3. The van der Waals surface area contributed by atoms with Gasteiger partial charge in [-0.3, -0.25) is 0 Å². The number of fused-ring (bicyclic) bond motifs is 7. The van der Waals surface area contributed by atoms with Crippen molar-refractivity contribution in [3.05, 3.63) is 249 Å². The van der Waals surface area contributed by atoms with Gasteiger partial charge in [0, 0.05) is 16.6 Å². The number of para-hydroxylation sites is 1. The van der Waals surface area contributed by atoms with Crippen LogP contribution in [0.1, 0.15) is 0 Å². The second-order valence-corrected chi connectivity index (χ2v) is 16.4. The summed E-state index contributed by atoms with van der Waals surface area (Å²) in [7, 11) is 0. The minimum Gasteiger partial charge on any atom is -0.309 e. The van der Waals surface area contributed by atoms with E-state index in [1.807, 2.05) is 0 Å². The Morgan fingerprint density at radius 2 is 0.714 bits per heavy atom. The molecular weight excluding hydrogens is 759 g/mol. The summed E-state index contributed by atoms with van der Waals surface area (Å²) < 4.78 is 0. The van der Waals surface area contributed by atoms with Gasteiger partial charge in [-0.05, 0) is 124 Å². The highest BCUT2D eigenvalue weighted by atomic mass is 15.1. The molecule has 0 aliphatic rings. The van der Waals surface area contributed by atoms with Crippen LogP contribution < -0.4 is 4.90 Å². The summed E-state index contributed by atoms with van der Waals surface area (Å²) in [5, 5.41) is 12.4. The molecule has 0 saturated heterocycles. The zero-order valence-corrected chi connectivity index (χ0v) is 34.6. The summed E-state index contributed by atoms with van der Waals surface area (Å²) in [4.78, 5) is 2.46. The van der Waals surface area contributed by atoms with E-state index in [0.29, 0.717) is 0 Å². The van der Waals surface area contributed by atoms with E-state index in [2.05, 4.69) is 254 Å². The molecule has 63 heavy (non-hydrogen) atoms. The molecule has 0 saturated carbocycles. The summed E-state index contributed by atoms with van der Waals surface area (Å²) in [5.74, 6) is 0. The van der Waals surface area contributed by atoms with E-state index in [1.54, 1.807) is 0 Å². The predicted molar refractivity (Wildman–Crippen MR) is 270 cm³/mol. The number of benzene rings is 12. The molecule has 0 amide bonds. The van der Waals surface area contributed by atoms with E-state index < -0.39 is 0 Å². The van der Waals surface area contributed by atoms with Gasteiger partial charge in [-0.15, -0.1) is 0 Å². The lowest BCUT2D eigenvalue weighted by Gasteiger charge is -2.29. The number of hydrogen-bond donors (Lipinski definition) is 0. The van der Waals surface area contributed by atoms with Crippen LogP contribution in [-0.4, -0.2) is 0 Å². The quantitative estimate of drug-likeness (QED) is 0.145. The number of rotatable bonds is 7. The molecular formula is C62H41N. The third-order valence-electron chi connectivity index (χ3n) is 12.8. The first-order chi connectivity index (χ1) is 31.3. The van der Waals surface area contributed by atoms with Gasteiger partial charge in [0.2, 0.25) is 0 Å². The smallest absolute Gasteiger partial charge is 0.0540 e. The maximum Gasteiger partial charge on any atom is 0.0540 e. The predicted octanol–water partition coefficient (Wildman–Crippen LogP) is 17.6. The van der Waals surface area contributed by atoms with Crippen LogP contribution in [0.2, 0.25) is 0 Å². The van der Waals surface area contributed by atoms with Crippen LogP contribution in [-0.2, 0) is 0 Å². The zero-order valence-electron chi connectivity index (χ0n) is 34.6. The van der Waals surface area contributed by atoms with E-state index in [9.17, 15) is 0 Å². The summed E-state index contributed by atoms with van der Waals surface area (Å²) >= 11 is 0. The van der Waals surface area contributed by atoms with Crippen molar-refractivity contribution in [1.82, 2.24) is 0 Å². The lowest BCUT2D eigenvalue weighted by Crippen LogP contribution is -2.11. The zero-order chi connectivity index (χ0) is 41.7. The Kier molecular flexibility index (Phi) is 8.90. The molecule has 0 radical (unpaired) electrons. The Labute approximate surface area is 367 Å². The van der Waals surface area contributed by atoms with Crippen molar-refractivity contribution in [2.24, 2.45) is 0 Å². The second-order valence-electron chi connectivity index (χ2n) is 16.4. The second kappa shape index (κ2) is 15.3. The van der Waals surface area contributed by atoms with Crippen molar-refractivity contribution < 1.29 is 0 Å². The molecule has 1 nitrogen and oxygen atoms in total. The SMILES string of the molecule is c1ccc(-c2c(-c3ccccc3)c3cc(-c4ccccc4N(c4ccc(-c5cc6ccccc6c6ccccc56)cc4)c4cccc5ccccc45)ccc3c3ccccc23)cc1. The molecule has 0 heterocycles. The van der Waals surface area contributed by atoms with E-state index in [0.717, 1.165) is 28.2 Å². The van der Waals surface area contributed by atoms with E-state index in [-0.39, 0.29) is 0 Å². The van der Waals surface area contributed by atoms with Crippen LogP contribution in [0.15, 0.2) is 249 Å². The Balaban J connectivity index is 1.08. The van der Waals surface area contributed by atoms with E-state index in [4.69, 9.17) is 0 Å². The molecule has 294 valence electrons. The molecule has 0 aromatic heterocycles. The normalized spacial score (nSPS) is 11.5. The van der Waals surface area contributed by atoms with Crippen LogP contribution in [0, 0.1) is 0 Å². The maximum atomic E-state index is 2.46. The van der Waals surface area contributed by atoms with Crippen LogP contribution in [0.5, 0.6) is 0 Å². The number of nitrogens with zero attached hydrogens (tertiary/aromatic N) is 1. The number of hydrogen-bond acceptors (Lipinski definition) is 1. The Morgan fingerprint density at radius 3 is 1.44 bits per heavy atom. The summed E-state index contributed by atoms with van der Waals surface area (Å²) in [6, 6.07) is 91.1. The van der Waals surface area contributed by atoms with Crippen LogP contribution in [0.3, 0.4) is 0 Å². The van der Waals surface area contributed by atoms with E-state index in [1.165, 1.54) is 87.2 Å². The molecule has 0 unspecified atom stereocenters. The monoisotopic (exact) mass is 799 g/mol. The van der Waals surface area contributed by atoms with Crippen LogP contribution in [0.25, 0.3) is 98.4 Å². The fraction of sp³-hybridized carbons (Fsp3) is 0. The van der Waals surface area contributed by atoms with Gasteiger partial charge < -0.3 is 4.90 Å². The van der Waals surface area contributed by atoms with Crippen LogP contribution in [0.4, 0.5) is 17.1 Å². The fourth-order valence-corrected chi connectivity index (χ4v) is 9.98. The molecule has 0 bridgehead atoms. The average molecular weight is 800 g/mol. The molecule has 12 rings (SSSR count). The van der Waals surface area contributed by atoms with Gasteiger partial charge in [0.15, 0.2) is 0 Å². The van der Waals surface area contributed by atoms with Gasteiger partial charge in [0.1, 0.15) is 0 Å². The largest absolute Gasteiger partial charge is 0.309 e. The first kappa shape index (κ1) is 36.6. The molecule has 0 fully saturated rings. The Bertz CT molecular complexity index is 3660. The van der Waals surface area contributed by atoms with E-state index >= 15 is 0 Å². The van der Waals surface area contributed by atoms with Crippen molar-refractivity contribution in [3.63, 3.8) is 0 Å². The highest BCUT2D eigenvalue weighted by Crippen LogP contribution is 2.48. The average Bonchev–Trinajstić information content (AvgIpc) is 3.36. The first-order valence-electron chi connectivity index (χ1n) is 21.8. The minimum absolute atomic E-state index is 1.09. The minimum atomic E-state index is 1.09. The summed E-state index contributed by atoms with van der Waals surface area (Å²) in [5.41, 5.74) is 13.0. The highest BCUT2D eigenvalue weighted by Gasteiger charge is 2.22. The molecule has 12 aromatic carbocycles. The van der Waals surface area contributed by atoms with Crippen molar-refractivity contribution in [3.8, 4) is 44.5 Å². The summed E-state index contributed by atoms with van der Waals surface area (Å²) in [6.07, 6.45) is 0. The van der Waals surface area contributed by atoms with Crippen LogP contribution >= 0.6 is 0 Å². The van der Waals surface area contributed by atoms with Gasteiger partial charge in [-0.25, -0.2) is 0 Å². The standard InChI is InChI=1S/C62H41N/c1-3-19-44(20-4-1)61-56-31-14-13-29-53(56)55-39-36-47(41-58(55)62(61)45-21-5-2-6-22-45)51-27-15-16-32-59(51)63(60-33-17-24-42-18-7-10-26-50(42)60)48-37-34-43(35-38-48)57-40-46-23-8-9-25-49(46)52-28-11-12-30-54(52)57/h1-41H. The van der Waals surface area contributed by atoms with Crippen molar-refractivity contribution in [2.75, 3.05) is 4.90 Å². The van der Waals surface area contributed by atoms with Crippen molar-refractivity contribution in [1.29, 1.82) is 0 Å². The maximum absolute atomic E-state index is 2.46. The third-order valence-corrected chi connectivity index (χ3v) is 12.8. The van der Waals surface area contributed by atoms with Crippen molar-refractivity contribution >= 4 is 70.9 Å². The molecule has 0 aliphatic heterocycles. The molecule has 0 aliphatic carbocycles. The Hall–Kier alpha value is -8.26. The van der Waals surface area contributed by atoms with Crippen molar-refractivity contribution in [2.45, 2.75) is 0 Å². The highest BCUT2D eigenvalue weighted by molar-refractivity contribution is 6.22. The third kappa shape index (κ3) is 6.25. The fourth-order valence-electron chi connectivity index (χ4n) is 9.98. The molecule has 0 N–H and O–H groups in total. The van der Waals surface area contributed by atoms with Gasteiger partial charge in [-0.1, -0.05) is 212 Å².